The van der Waals surface area contributed by atoms with Crippen LogP contribution in [0.3, 0.4) is 0 Å². The van der Waals surface area contributed by atoms with Gasteiger partial charge in [-0.15, -0.1) is 11.3 Å². The van der Waals surface area contributed by atoms with Gasteiger partial charge in [0.25, 0.3) is 0 Å². The maximum Gasteiger partial charge on any atom is 0.335 e. The normalized spacial score (nSPS) is 12.2. The molecule has 1 aromatic heterocycles. The topological polar surface area (TPSA) is 114 Å². The first-order chi connectivity index (χ1) is 17.3. The highest BCUT2D eigenvalue weighted by molar-refractivity contribution is 7.80. The van der Waals surface area contributed by atoms with Gasteiger partial charge in [-0.3, -0.25) is 5.43 Å². The number of aliphatic hydroxyl groups excluding tert-OH is 1. The number of carboxylic acid groups (broad SMARTS) is 1. The lowest BCUT2D eigenvalue weighted by atomic mass is 9.86. The van der Waals surface area contributed by atoms with E-state index in [0.717, 1.165) is 16.9 Å². The van der Waals surface area contributed by atoms with Crippen LogP contribution in [0.2, 0.25) is 0 Å². The number of hydrogen-bond donors (Lipinski definition) is 5. The summed E-state index contributed by atoms with van der Waals surface area (Å²) >= 11 is 6.68. The van der Waals surface area contributed by atoms with Crippen molar-refractivity contribution in [2.45, 2.75) is 59.5 Å². The summed E-state index contributed by atoms with van der Waals surface area (Å²) in [6.45, 7) is 12.0. The van der Waals surface area contributed by atoms with Gasteiger partial charge in [0, 0.05) is 11.1 Å². The number of aromatic hydroxyl groups is 1. The summed E-state index contributed by atoms with van der Waals surface area (Å²) in [5.41, 5.74) is 6.86. The van der Waals surface area contributed by atoms with Crippen molar-refractivity contribution >= 4 is 46.0 Å². The molecule has 0 aliphatic heterocycles. The summed E-state index contributed by atoms with van der Waals surface area (Å²) in [6.07, 6.45) is 0.745. The minimum Gasteiger partial charge on any atom is -0.506 e. The van der Waals surface area contributed by atoms with E-state index in [2.05, 4.69) is 48.7 Å². The van der Waals surface area contributed by atoms with Gasteiger partial charge in [0.1, 0.15) is 5.75 Å². The number of thiophene rings is 1. The Kier molecular flexibility index (Phi) is 10.8. The van der Waals surface area contributed by atoms with E-state index >= 15 is 0 Å². The molecule has 0 saturated carbocycles. The molecule has 3 rings (SSSR count). The van der Waals surface area contributed by atoms with E-state index in [1.165, 1.54) is 29.0 Å². The molecule has 0 fully saturated rings. The highest BCUT2D eigenvalue weighted by Crippen LogP contribution is 2.39. The van der Waals surface area contributed by atoms with Crippen LogP contribution in [0.5, 0.6) is 5.75 Å². The van der Waals surface area contributed by atoms with Crippen molar-refractivity contribution in [3.8, 4) is 16.2 Å². The van der Waals surface area contributed by atoms with Gasteiger partial charge in [-0.05, 0) is 67.2 Å². The zero-order valence-electron chi connectivity index (χ0n) is 22.0. The molecule has 37 heavy (non-hydrogen) atoms. The molecule has 9 heteroatoms. The molecule has 2 aromatic carbocycles. The Bertz CT molecular complexity index is 1240. The van der Waals surface area contributed by atoms with Gasteiger partial charge in [-0.1, -0.05) is 58.0 Å². The third-order valence-corrected chi connectivity index (χ3v) is 6.66. The van der Waals surface area contributed by atoms with Gasteiger partial charge < -0.3 is 20.6 Å². The lowest BCUT2D eigenvalue weighted by molar-refractivity contribution is 0.0697. The monoisotopic (exact) mass is 541 g/mol. The van der Waals surface area contributed by atoms with Crippen LogP contribution < -0.4 is 10.7 Å². The number of thiocarbonyl (C=S) groups is 1. The zero-order chi connectivity index (χ0) is 27.8. The maximum atomic E-state index is 11.1. The predicted molar refractivity (Wildman–Crippen MR) is 157 cm³/mol. The van der Waals surface area contributed by atoms with Crippen LogP contribution >= 0.6 is 23.6 Å². The first-order valence-electron chi connectivity index (χ1n) is 11.9. The number of nitrogens with one attached hydrogen (secondary N) is 2. The number of carbonyl (C=O) groups is 1. The fourth-order valence-electron chi connectivity index (χ4n) is 3.02. The Balaban J connectivity index is 0.000000877. The number of rotatable bonds is 6. The quantitative estimate of drug-likeness (QED) is 0.136. The molecule has 0 saturated heterocycles. The minimum absolute atomic E-state index is 0.0670. The molecule has 198 valence electrons. The van der Waals surface area contributed by atoms with Gasteiger partial charge in [0.2, 0.25) is 0 Å². The molecule has 5 N–H and O–H groups in total. The van der Waals surface area contributed by atoms with Crippen molar-refractivity contribution in [2.24, 2.45) is 5.10 Å². The number of carboxylic acids is 1. The molecule has 0 aliphatic rings. The van der Waals surface area contributed by atoms with Gasteiger partial charge in [0.15, 0.2) is 5.11 Å². The van der Waals surface area contributed by atoms with Crippen LogP contribution in [0.25, 0.3) is 10.4 Å². The number of benzene rings is 2. The van der Waals surface area contributed by atoms with E-state index in [1.807, 2.05) is 24.4 Å². The van der Waals surface area contributed by atoms with Gasteiger partial charge in [-0.2, -0.15) is 5.10 Å². The largest absolute Gasteiger partial charge is 0.506 e. The molecule has 3 aromatic rings. The maximum absolute atomic E-state index is 11.1. The van der Waals surface area contributed by atoms with Crippen molar-refractivity contribution in [3.05, 3.63) is 70.6 Å². The highest BCUT2D eigenvalue weighted by Gasteiger charge is 2.17. The molecule has 1 atom stereocenters. The number of anilines is 1. The Labute approximate surface area is 227 Å². The van der Waals surface area contributed by atoms with Crippen LogP contribution in [0.15, 0.2) is 59.0 Å². The average molecular weight is 542 g/mol. The second-order valence-electron chi connectivity index (χ2n) is 9.56. The lowest BCUT2D eigenvalue weighted by Gasteiger charge is -2.19. The van der Waals surface area contributed by atoms with Gasteiger partial charge in [0.05, 0.1) is 27.8 Å². The lowest BCUT2D eigenvalue weighted by Crippen LogP contribution is -2.25. The van der Waals surface area contributed by atoms with Crippen LogP contribution in [0.1, 0.15) is 69.4 Å². The second kappa shape index (κ2) is 13.3. The zero-order valence-corrected chi connectivity index (χ0v) is 23.6. The third-order valence-electron chi connectivity index (χ3n) is 5.45. The van der Waals surface area contributed by atoms with Crippen molar-refractivity contribution in [1.82, 2.24) is 5.43 Å². The van der Waals surface area contributed by atoms with Crippen molar-refractivity contribution in [3.63, 3.8) is 0 Å². The standard InChI is InChI=1S/C24H25N3O3S2.C4H10O/c1-14(26-27-23(31)25-18-7-5-6-16(12-18)22(29)30)19-13-32-21(20(19)28)15-8-10-17(11-9-15)24(2,3)4;1-3-4(2)5/h5-13,28H,1-4H3,(H,29,30)(H2,25,27,31);4-5H,3H2,1-2H3/b26-14+;. The average Bonchev–Trinajstić information content (AvgIpc) is 3.23. The number of aromatic carboxylic acids is 1. The van der Waals surface area contributed by atoms with Crippen molar-refractivity contribution < 1.29 is 20.1 Å². The van der Waals surface area contributed by atoms with E-state index in [9.17, 15) is 9.90 Å². The molecule has 1 unspecified atom stereocenters. The molecular weight excluding hydrogens is 506 g/mol. The number of hydrogen-bond acceptors (Lipinski definition) is 6. The molecule has 0 bridgehead atoms. The Morgan fingerprint density at radius 3 is 2.32 bits per heavy atom. The first-order valence-corrected chi connectivity index (χ1v) is 13.2. The minimum atomic E-state index is -1.02. The predicted octanol–water partition coefficient (Wildman–Crippen LogP) is 6.60. The Morgan fingerprint density at radius 2 is 1.78 bits per heavy atom. The van der Waals surface area contributed by atoms with Crippen LogP contribution in [0, 0.1) is 0 Å². The molecule has 1 heterocycles. The summed E-state index contributed by atoms with van der Waals surface area (Å²) in [5.74, 6) is -0.840. The third kappa shape index (κ3) is 8.96. The molecule has 0 radical (unpaired) electrons. The fourth-order valence-corrected chi connectivity index (χ4v) is 4.19. The molecule has 7 nitrogen and oxygen atoms in total. The summed E-state index contributed by atoms with van der Waals surface area (Å²) in [6, 6.07) is 14.5. The SMILES string of the molecule is C/C(=N\NC(=S)Nc1cccc(C(=O)O)c1)c1csc(-c2ccc(C(C)(C)C)cc2)c1O.CCC(C)O. The van der Waals surface area contributed by atoms with E-state index in [-0.39, 0.29) is 27.9 Å². The van der Waals surface area contributed by atoms with E-state index < -0.39 is 5.97 Å². The molecular formula is C28H35N3O4S2. The highest BCUT2D eigenvalue weighted by atomic mass is 32.1. The van der Waals surface area contributed by atoms with Crippen molar-refractivity contribution in [2.75, 3.05) is 5.32 Å². The van der Waals surface area contributed by atoms with Crippen LogP contribution in [-0.2, 0) is 5.41 Å². The molecule has 0 aliphatic carbocycles. The van der Waals surface area contributed by atoms with E-state index in [1.54, 1.807) is 26.0 Å². The van der Waals surface area contributed by atoms with Crippen LogP contribution in [0.4, 0.5) is 5.69 Å². The number of nitrogens with zero attached hydrogens (tertiary/aromatic N) is 1. The fraction of sp³-hybridized carbons (Fsp3) is 0.321. The Hall–Kier alpha value is -3.27. The van der Waals surface area contributed by atoms with E-state index in [0.29, 0.717) is 17.0 Å². The second-order valence-corrected chi connectivity index (χ2v) is 10.8. The summed E-state index contributed by atoms with van der Waals surface area (Å²) in [5, 5.41) is 37.4. The van der Waals surface area contributed by atoms with E-state index in [4.69, 9.17) is 22.4 Å². The van der Waals surface area contributed by atoms with Crippen LogP contribution in [-0.4, -0.2) is 38.2 Å². The summed E-state index contributed by atoms with van der Waals surface area (Å²) in [7, 11) is 0. The molecule has 0 amide bonds. The number of hydrazone groups is 1. The summed E-state index contributed by atoms with van der Waals surface area (Å²) in [4.78, 5) is 11.9. The van der Waals surface area contributed by atoms with Gasteiger partial charge in [-0.25, -0.2) is 4.79 Å². The molecule has 0 spiro atoms. The Morgan fingerprint density at radius 1 is 1.16 bits per heavy atom. The van der Waals surface area contributed by atoms with Crippen molar-refractivity contribution in [1.29, 1.82) is 0 Å². The number of aliphatic hydroxyl groups is 1. The first kappa shape index (κ1) is 30.0. The summed E-state index contributed by atoms with van der Waals surface area (Å²) < 4.78 is 0. The smallest absolute Gasteiger partial charge is 0.335 e. The van der Waals surface area contributed by atoms with Gasteiger partial charge >= 0.3 is 5.97 Å².